The molecule has 0 saturated heterocycles. The molecule has 0 atom stereocenters. The second kappa shape index (κ2) is 6.63. The van der Waals surface area contributed by atoms with Crippen LogP contribution in [0.4, 0.5) is 16.4 Å². The molecule has 0 spiro atoms. The molecule has 0 aliphatic heterocycles. The third kappa shape index (κ3) is 4.44. The van der Waals surface area contributed by atoms with Gasteiger partial charge >= 0.3 is 6.03 Å². The molecule has 1 aromatic heterocycles. The first-order valence-corrected chi connectivity index (χ1v) is 5.85. The maximum atomic E-state index is 11.3. The number of nitrogens with two attached hydrogens (primary N) is 1. The molecule has 18 heavy (non-hydrogen) atoms. The van der Waals surface area contributed by atoms with Gasteiger partial charge in [0.15, 0.2) is 0 Å². The summed E-state index contributed by atoms with van der Waals surface area (Å²) in [5, 5.41) is 5.84. The van der Waals surface area contributed by atoms with E-state index in [1.54, 1.807) is 20.2 Å². The van der Waals surface area contributed by atoms with Gasteiger partial charge in [0.25, 0.3) is 0 Å². The summed E-state index contributed by atoms with van der Waals surface area (Å²) in [4.78, 5) is 21.1. The van der Waals surface area contributed by atoms with Crippen molar-refractivity contribution >= 4 is 17.7 Å². The first-order chi connectivity index (χ1) is 8.52. The van der Waals surface area contributed by atoms with E-state index >= 15 is 0 Å². The Hall–Kier alpha value is -2.05. The van der Waals surface area contributed by atoms with Crippen LogP contribution >= 0.6 is 0 Å². The van der Waals surface area contributed by atoms with Gasteiger partial charge in [0, 0.05) is 39.7 Å². The largest absolute Gasteiger partial charge is 0.384 e. The summed E-state index contributed by atoms with van der Waals surface area (Å²) in [7, 11) is 3.39. The van der Waals surface area contributed by atoms with Gasteiger partial charge in [-0.3, -0.25) is 0 Å². The molecule has 0 bridgehead atoms. The minimum Gasteiger partial charge on any atom is -0.384 e. The lowest BCUT2D eigenvalue weighted by atomic mass is 10.4. The maximum absolute atomic E-state index is 11.3. The number of urea groups is 1. The summed E-state index contributed by atoms with van der Waals surface area (Å²) in [5.74, 6) is 1.83. The van der Waals surface area contributed by atoms with Crippen molar-refractivity contribution in [2.45, 2.75) is 13.3 Å². The van der Waals surface area contributed by atoms with E-state index in [2.05, 4.69) is 20.6 Å². The fourth-order valence-electron chi connectivity index (χ4n) is 1.28. The van der Waals surface area contributed by atoms with E-state index < -0.39 is 0 Å². The molecule has 7 nitrogen and oxygen atoms in total. The smallest absolute Gasteiger partial charge is 0.316 e. The van der Waals surface area contributed by atoms with Crippen molar-refractivity contribution in [2.75, 3.05) is 38.2 Å². The number of nitrogen functional groups attached to an aromatic ring is 1. The van der Waals surface area contributed by atoms with Crippen molar-refractivity contribution in [1.82, 2.24) is 20.2 Å². The Morgan fingerprint density at radius 1 is 1.39 bits per heavy atom. The summed E-state index contributed by atoms with van der Waals surface area (Å²) in [6.07, 6.45) is 0.733. The molecule has 0 aliphatic rings. The minimum atomic E-state index is -0.117. The topological polar surface area (TPSA) is 96.2 Å². The van der Waals surface area contributed by atoms with E-state index in [0.29, 0.717) is 30.5 Å². The van der Waals surface area contributed by atoms with Crippen molar-refractivity contribution in [1.29, 1.82) is 0 Å². The Kier molecular flexibility index (Phi) is 5.16. The van der Waals surface area contributed by atoms with E-state index in [0.717, 1.165) is 6.42 Å². The number of rotatable bonds is 5. The normalized spacial score (nSPS) is 9.94. The molecule has 1 rings (SSSR count). The third-order valence-corrected chi connectivity index (χ3v) is 2.22. The zero-order valence-electron chi connectivity index (χ0n) is 11.0. The molecule has 0 fully saturated rings. The number of anilines is 2. The van der Waals surface area contributed by atoms with Crippen molar-refractivity contribution in [3.8, 4) is 0 Å². The highest BCUT2D eigenvalue weighted by Crippen LogP contribution is 2.07. The van der Waals surface area contributed by atoms with E-state index in [4.69, 9.17) is 5.73 Å². The molecular weight excluding hydrogens is 232 g/mol. The number of hydrogen-bond acceptors (Lipinski definition) is 5. The lowest BCUT2D eigenvalue weighted by molar-refractivity contribution is 0.218. The fraction of sp³-hybridized carbons (Fsp3) is 0.545. The molecule has 100 valence electrons. The van der Waals surface area contributed by atoms with Crippen LogP contribution < -0.4 is 16.4 Å². The molecular formula is C11H20N6O. The molecule has 4 N–H and O–H groups in total. The summed E-state index contributed by atoms with van der Waals surface area (Å²) in [6.45, 7) is 3.07. The summed E-state index contributed by atoms with van der Waals surface area (Å²) < 4.78 is 0. The Morgan fingerprint density at radius 2 is 2.11 bits per heavy atom. The number of aromatic nitrogens is 2. The fourth-order valence-corrected chi connectivity index (χ4v) is 1.28. The number of amides is 2. The van der Waals surface area contributed by atoms with Crippen molar-refractivity contribution < 1.29 is 4.79 Å². The van der Waals surface area contributed by atoms with Crippen molar-refractivity contribution in [3.05, 3.63) is 11.9 Å². The van der Waals surface area contributed by atoms with Gasteiger partial charge in [-0.2, -0.15) is 0 Å². The Balaban J connectivity index is 2.39. The summed E-state index contributed by atoms with van der Waals surface area (Å²) in [6, 6.07) is 1.56. The van der Waals surface area contributed by atoms with Gasteiger partial charge in [0.2, 0.25) is 0 Å². The van der Waals surface area contributed by atoms with Crippen LogP contribution in [0.5, 0.6) is 0 Å². The van der Waals surface area contributed by atoms with Crippen LogP contribution in [0.25, 0.3) is 0 Å². The average Bonchev–Trinajstić information content (AvgIpc) is 2.33. The highest BCUT2D eigenvalue weighted by molar-refractivity contribution is 5.73. The van der Waals surface area contributed by atoms with Crippen LogP contribution in [0.2, 0.25) is 0 Å². The van der Waals surface area contributed by atoms with Gasteiger partial charge in [-0.15, -0.1) is 0 Å². The molecule has 0 aromatic carbocycles. The van der Waals surface area contributed by atoms with Crippen LogP contribution in [-0.2, 0) is 6.42 Å². The molecule has 7 heteroatoms. The van der Waals surface area contributed by atoms with Crippen LogP contribution in [0, 0.1) is 0 Å². The van der Waals surface area contributed by atoms with Crippen molar-refractivity contribution in [3.63, 3.8) is 0 Å². The molecule has 2 amide bonds. The predicted octanol–water partition coefficient (Wildman–Crippen LogP) is 0.304. The first-order valence-electron chi connectivity index (χ1n) is 5.85. The highest BCUT2D eigenvalue weighted by atomic mass is 16.2. The predicted molar refractivity (Wildman–Crippen MR) is 71.4 cm³/mol. The zero-order valence-corrected chi connectivity index (χ0v) is 11.0. The zero-order chi connectivity index (χ0) is 13.5. The number of carbonyl (C=O) groups is 1. The Labute approximate surface area is 107 Å². The molecule has 0 saturated carbocycles. The number of hydrogen-bond donors (Lipinski definition) is 3. The second-order valence-electron chi connectivity index (χ2n) is 4.00. The van der Waals surface area contributed by atoms with Gasteiger partial charge in [0.1, 0.15) is 17.5 Å². The van der Waals surface area contributed by atoms with Gasteiger partial charge in [-0.1, -0.05) is 6.92 Å². The van der Waals surface area contributed by atoms with Crippen LogP contribution in [0.3, 0.4) is 0 Å². The summed E-state index contributed by atoms with van der Waals surface area (Å²) in [5.41, 5.74) is 5.66. The molecule has 1 aromatic rings. The number of carbonyl (C=O) groups excluding carboxylic acids is 1. The van der Waals surface area contributed by atoms with Gasteiger partial charge < -0.3 is 21.3 Å². The Bertz CT molecular complexity index is 407. The van der Waals surface area contributed by atoms with Crippen LogP contribution in [0.1, 0.15) is 12.7 Å². The van der Waals surface area contributed by atoms with Crippen molar-refractivity contribution in [2.24, 2.45) is 0 Å². The molecule has 0 unspecified atom stereocenters. The van der Waals surface area contributed by atoms with E-state index in [1.165, 1.54) is 4.90 Å². The first kappa shape index (κ1) is 14.0. The van der Waals surface area contributed by atoms with Crippen LogP contribution in [-0.4, -0.2) is 48.1 Å². The monoisotopic (exact) mass is 252 g/mol. The lowest BCUT2D eigenvalue weighted by Gasteiger charge is -2.12. The highest BCUT2D eigenvalue weighted by Gasteiger charge is 2.02. The lowest BCUT2D eigenvalue weighted by Crippen LogP contribution is -2.37. The average molecular weight is 252 g/mol. The minimum absolute atomic E-state index is 0.117. The Morgan fingerprint density at radius 3 is 2.72 bits per heavy atom. The number of nitrogens with one attached hydrogen (secondary N) is 2. The van der Waals surface area contributed by atoms with Crippen LogP contribution in [0.15, 0.2) is 6.07 Å². The van der Waals surface area contributed by atoms with Gasteiger partial charge in [-0.25, -0.2) is 14.8 Å². The number of aryl methyl sites for hydroxylation is 1. The molecule has 0 radical (unpaired) electrons. The molecule has 1 heterocycles. The number of nitrogens with zero attached hydrogens (tertiary/aromatic N) is 3. The SMILES string of the molecule is CCc1nc(N)cc(NCCNC(=O)N(C)C)n1. The second-order valence-corrected chi connectivity index (χ2v) is 4.00. The van der Waals surface area contributed by atoms with E-state index in [1.807, 2.05) is 6.92 Å². The standard InChI is InChI=1S/C11H20N6O/c1-4-9-15-8(12)7-10(16-9)13-5-6-14-11(18)17(2)3/h7H,4-6H2,1-3H3,(H,14,18)(H3,12,13,15,16). The van der Waals surface area contributed by atoms with Gasteiger partial charge in [0.05, 0.1) is 0 Å². The maximum Gasteiger partial charge on any atom is 0.316 e. The third-order valence-electron chi connectivity index (χ3n) is 2.22. The van der Waals surface area contributed by atoms with Gasteiger partial charge in [-0.05, 0) is 0 Å². The van der Waals surface area contributed by atoms with E-state index in [-0.39, 0.29) is 6.03 Å². The van der Waals surface area contributed by atoms with E-state index in [9.17, 15) is 4.79 Å². The molecule has 0 aliphatic carbocycles. The quantitative estimate of drug-likeness (QED) is 0.655. The summed E-state index contributed by atoms with van der Waals surface area (Å²) >= 11 is 0.